The second-order valence-corrected chi connectivity index (χ2v) is 11.2. The summed E-state index contributed by atoms with van der Waals surface area (Å²) in [7, 11) is -3.75. The number of nitrogens with one attached hydrogen (secondary N) is 1. The predicted octanol–water partition coefficient (Wildman–Crippen LogP) is 4.10. The quantitative estimate of drug-likeness (QED) is 0.396. The molecule has 1 unspecified atom stereocenters. The number of anilines is 2. The van der Waals surface area contributed by atoms with Crippen LogP contribution >= 0.6 is 11.6 Å². The van der Waals surface area contributed by atoms with Gasteiger partial charge >= 0.3 is 0 Å². The summed E-state index contributed by atoms with van der Waals surface area (Å²) in [5.74, 6) is 0.286. The monoisotopic (exact) mass is 538 g/mol. The van der Waals surface area contributed by atoms with Crippen LogP contribution in [0.5, 0.6) is 0 Å². The SMILES string of the molecule is Cc1cc2cc(Cl)ccc2n1C(C)C(=O)N1CCN(c2ccc(S(=O)(=O)Nc3ccncn3)cc2)CC1. The van der Waals surface area contributed by atoms with Gasteiger partial charge in [0.15, 0.2) is 0 Å². The first-order chi connectivity index (χ1) is 17.7. The van der Waals surface area contributed by atoms with Gasteiger partial charge in [-0.1, -0.05) is 11.6 Å². The van der Waals surface area contributed by atoms with E-state index in [0.29, 0.717) is 31.2 Å². The molecule has 4 aromatic rings. The van der Waals surface area contributed by atoms with Gasteiger partial charge in [-0.15, -0.1) is 0 Å². The average Bonchev–Trinajstić information content (AvgIpc) is 3.23. The molecule has 1 atom stereocenters. The highest BCUT2D eigenvalue weighted by atomic mass is 35.5. The molecular weight excluding hydrogens is 512 g/mol. The lowest BCUT2D eigenvalue weighted by atomic mass is 10.2. The van der Waals surface area contributed by atoms with E-state index in [1.165, 1.54) is 18.6 Å². The van der Waals surface area contributed by atoms with Crippen LogP contribution in [-0.2, 0) is 14.8 Å². The molecule has 2 aromatic carbocycles. The number of amides is 1. The van der Waals surface area contributed by atoms with E-state index in [1.807, 2.05) is 36.9 Å². The van der Waals surface area contributed by atoms with Crippen molar-refractivity contribution in [3.63, 3.8) is 0 Å². The molecule has 9 nitrogen and oxygen atoms in total. The molecule has 37 heavy (non-hydrogen) atoms. The first-order valence-electron chi connectivity index (χ1n) is 11.9. The van der Waals surface area contributed by atoms with Gasteiger partial charge in [-0.3, -0.25) is 9.52 Å². The lowest BCUT2D eigenvalue weighted by molar-refractivity contribution is -0.134. The second kappa shape index (κ2) is 10.0. The normalized spacial score (nSPS) is 15.1. The molecule has 0 saturated carbocycles. The Kier molecular flexibility index (Phi) is 6.78. The maximum atomic E-state index is 13.4. The number of aryl methyl sites for hydroxylation is 1. The van der Waals surface area contributed by atoms with Gasteiger partial charge in [0.05, 0.1) is 4.90 Å². The molecule has 1 aliphatic rings. The average molecular weight is 539 g/mol. The molecule has 1 aliphatic heterocycles. The zero-order valence-corrected chi connectivity index (χ0v) is 22.1. The number of hydrogen-bond donors (Lipinski definition) is 1. The summed E-state index contributed by atoms with van der Waals surface area (Å²) in [5, 5.41) is 1.69. The third kappa shape index (κ3) is 5.12. The standard InChI is InChI=1S/C26H27ClN6O3S/c1-18-15-20-16-21(27)3-8-24(20)33(18)19(2)26(34)32-13-11-31(12-14-32)22-4-6-23(7-5-22)37(35,36)30-25-9-10-28-17-29-25/h3-10,15-17,19H,11-14H2,1-2H3,(H,28,29,30). The number of sulfonamides is 1. The number of hydrogen-bond acceptors (Lipinski definition) is 6. The number of nitrogens with zero attached hydrogens (tertiary/aromatic N) is 5. The maximum absolute atomic E-state index is 13.4. The first kappa shape index (κ1) is 25.0. The number of aromatic nitrogens is 3. The summed E-state index contributed by atoms with van der Waals surface area (Å²) in [6.07, 6.45) is 2.75. The van der Waals surface area contributed by atoms with E-state index in [-0.39, 0.29) is 22.7 Å². The predicted molar refractivity (Wildman–Crippen MR) is 144 cm³/mol. The molecule has 0 bridgehead atoms. The number of benzene rings is 2. The highest BCUT2D eigenvalue weighted by Gasteiger charge is 2.27. The Labute approximate surface area is 220 Å². The summed E-state index contributed by atoms with van der Waals surface area (Å²) in [4.78, 5) is 25.3. The van der Waals surface area contributed by atoms with E-state index in [1.54, 1.807) is 24.3 Å². The van der Waals surface area contributed by atoms with Crippen molar-refractivity contribution < 1.29 is 13.2 Å². The van der Waals surface area contributed by atoms with Gasteiger partial charge in [0.25, 0.3) is 10.0 Å². The van der Waals surface area contributed by atoms with Crippen molar-refractivity contribution in [2.75, 3.05) is 35.8 Å². The van der Waals surface area contributed by atoms with Gasteiger partial charge in [-0.25, -0.2) is 18.4 Å². The van der Waals surface area contributed by atoms with E-state index in [2.05, 4.69) is 30.2 Å². The fraction of sp³-hybridized carbons (Fsp3) is 0.269. The third-order valence-corrected chi connectivity index (χ3v) is 8.27. The van der Waals surface area contributed by atoms with E-state index >= 15 is 0 Å². The van der Waals surface area contributed by atoms with Crippen LogP contribution in [0.25, 0.3) is 10.9 Å². The first-order valence-corrected chi connectivity index (χ1v) is 13.8. The third-order valence-electron chi connectivity index (χ3n) is 6.66. The number of fused-ring (bicyclic) bond motifs is 1. The minimum atomic E-state index is -3.75. The van der Waals surface area contributed by atoms with Crippen LogP contribution in [0.2, 0.25) is 5.02 Å². The van der Waals surface area contributed by atoms with Crippen LogP contribution in [0.15, 0.2) is 72.0 Å². The van der Waals surface area contributed by atoms with E-state index in [4.69, 9.17) is 11.6 Å². The van der Waals surface area contributed by atoms with Crippen molar-refractivity contribution >= 4 is 49.9 Å². The van der Waals surface area contributed by atoms with Crippen LogP contribution in [0.1, 0.15) is 18.7 Å². The molecule has 192 valence electrons. The number of halogens is 1. The van der Waals surface area contributed by atoms with Crippen LogP contribution in [-0.4, -0.2) is 59.9 Å². The Morgan fingerprint density at radius 1 is 1.03 bits per heavy atom. The number of piperazine rings is 1. The number of rotatable bonds is 6. The largest absolute Gasteiger partial charge is 0.368 e. The van der Waals surface area contributed by atoms with Gasteiger partial charge in [0, 0.05) is 59.7 Å². The van der Waals surface area contributed by atoms with Crippen LogP contribution in [0.4, 0.5) is 11.5 Å². The Hall–Kier alpha value is -3.63. The Morgan fingerprint density at radius 3 is 2.43 bits per heavy atom. The lowest BCUT2D eigenvalue weighted by Gasteiger charge is -2.37. The van der Waals surface area contributed by atoms with Gasteiger partial charge in [-0.05, 0) is 68.4 Å². The van der Waals surface area contributed by atoms with Gasteiger partial charge in [0.1, 0.15) is 18.2 Å². The minimum Gasteiger partial charge on any atom is -0.368 e. The van der Waals surface area contributed by atoms with E-state index < -0.39 is 10.0 Å². The molecule has 1 fully saturated rings. The van der Waals surface area contributed by atoms with Crippen molar-refractivity contribution in [1.29, 1.82) is 0 Å². The zero-order valence-electron chi connectivity index (χ0n) is 20.5. The highest BCUT2D eigenvalue weighted by Crippen LogP contribution is 2.28. The fourth-order valence-electron chi connectivity index (χ4n) is 4.80. The summed E-state index contributed by atoms with van der Waals surface area (Å²) in [5.41, 5.74) is 2.91. The second-order valence-electron chi connectivity index (χ2n) is 9.04. The zero-order chi connectivity index (χ0) is 26.2. The van der Waals surface area contributed by atoms with Gasteiger partial charge < -0.3 is 14.4 Å². The molecule has 3 heterocycles. The molecule has 0 aliphatic carbocycles. The summed E-state index contributed by atoms with van der Waals surface area (Å²) in [6.45, 7) is 6.42. The fourth-order valence-corrected chi connectivity index (χ4v) is 5.99. The Bertz CT molecular complexity index is 1530. The van der Waals surface area contributed by atoms with Crippen molar-refractivity contribution in [1.82, 2.24) is 19.4 Å². The molecule has 11 heteroatoms. The molecule has 1 saturated heterocycles. The Balaban J connectivity index is 1.23. The van der Waals surface area contributed by atoms with Crippen LogP contribution in [0.3, 0.4) is 0 Å². The van der Waals surface area contributed by atoms with Crippen LogP contribution < -0.4 is 9.62 Å². The summed E-state index contributed by atoms with van der Waals surface area (Å²) in [6, 6.07) is 15.6. The Morgan fingerprint density at radius 2 is 1.76 bits per heavy atom. The van der Waals surface area contributed by atoms with Crippen molar-refractivity contribution in [2.24, 2.45) is 0 Å². The summed E-state index contributed by atoms with van der Waals surface area (Å²) >= 11 is 6.15. The lowest BCUT2D eigenvalue weighted by Crippen LogP contribution is -2.50. The number of carbonyl (C=O) groups excluding carboxylic acids is 1. The summed E-state index contributed by atoms with van der Waals surface area (Å²) < 4.78 is 29.8. The van der Waals surface area contributed by atoms with Crippen molar-refractivity contribution in [3.05, 3.63) is 77.8 Å². The van der Waals surface area contributed by atoms with Crippen molar-refractivity contribution in [2.45, 2.75) is 24.8 Å². The minimum absolute atomic E-state index is 0.0763. The molecule has 5 rings (SSSR count). The molecule has 0 radical (unpaired) electrons. The topological polar surface area (TPSA) is 100 Å². The van der Waals surface area contributed by atoms with Crippen molar-refractivity contribution in [3.8, 4) is 0 Å². The molecule has 2 aromatic heterocycles. The molecule has 1 N–H and O–H groups in total. The van der Waals surface area contributed by atoms with E-state index in [9.17, 15) is 13.2 Å². The molecule has 1 amide bonds. The maximum Gasteiger partial charge on any atom is 0.263 e. The molecule has 0 spiro atoms. The van der Waals surface area contributed by atoms with Gasteiger partial charge in [0.2, 0.25) is 5.91 Å². The van der Waals surface area contributed by atoms with Gasteiger partial charge in [-0.2, -0.15) is 0 Å². The highest BCUT2D eigenvalue weighted by molar-refractivity contribution is 7.92. The van der Waals surface area contributed by atoms with E-state index in [0.717, 1.165) is 22.3 Å². The smallest absolute Gasteiger partial charge is 0.263 e. The van der Waals surface area contributed by atoms with Crippen LogP contribution in [0, 0.1) is 6.92 Å². The molecular formula is C26H27ClN6O3S. The number of carbonyl (C=O) groups is 1.